The van der Waals surface area contributed by atoms with E-state index in [1.807, 2.05) is 0 Å². The summed E-state index contributed by atoms with van der Waals surface area (Å²) in [6, 6.07) is 4.63. The van der Waals surface area contributed by atoms with Gasteiger partial charge in [-0.05, 0) is 37.0 Å². The van der Waals surface area contributed by atoms with Gasteiger partial charge in [0.15, 0.2) is 0 Å². The quantitative estimate of drug-likeness (QED) is 0.926. The molecule has 2 unspecified atom stereocenters. The van der Waals surface area contributed by atoms with E-state index in [-0.39, 0.29) is 5.82 Å². The second kappa shape index (κ2) is 5.25. The molecule has 0 bridgehead atoms. The highest BCUT2D eigenvalue weighted by molar-refractivity contribution is 9.10. The van der Waals surface area contributed by atoms with E-state index in [0.717, 1.165) is 17.5 Å². The van der Waals surface area contributed by atoms with Crippen LogP contribution in [-0.2, 0) is 4.74 Å². The average Bonchev–Trinajstić information content (AvgIpc) is 2.74. The summed E-state index contributed by atoms with van der Waals surface area (Å²) in [4.78, 5) is 0. The molecule has 1 heterocycles. The molecule has 1 aromatic carbocycles. The molecule has 0 spiro atoms. The van der Waals surface area contributed by atoms with Crippen LogP contribution in [0.25, 0.3) is 0 Å². The fourth-order valence-electron chi connectivity index (χ4n) is 1.98. The molecule has 1 aromatic rings. The molecule has 4 heteroatoms. The Bertz CT molecular complexity index is 364. The fraction of sp³-hybridized carbons (Fsp3) is 0.500. The number of ether oxygens (including phenoxy) is 1. The van der Waals surface area contributed by atoms with Gasteiger partial charge in [0, 0.05) is 23.2 Å². The number of hydrogen-bond acceptors (Lipinski definition) is 2. The Kier molecular flexibility index (Phi) is 3.95. The lowest BCUT2D eigenvalue weighted by Crippen LogP contribution is -2.08. The standard InChI is InChI=1S/C12H14BrFO2/c13-9-1-2-11(14)10(6-9)12(15)5-8-3-4-16-7-8/h1-2,6,8,12,15H,3-5,7H2. The zero-order chi connectivity index (χ0) is 11.5. The van der Waals surface area contributed by atoms with E-state index in [2.05, 4.69) is 15.9 Å². The zero-order valence-electron chi connectivity index (χ0n) is 8.83. The lowest BCUT2D eigenvalue weighted by atomic mass is 9.96. The Morgan fingerprint density at radius 1 is 1.56 bits per heavy atom. The molecular weight excluding hydrogens is 275 g/mol. The molecule has 1 aliphatic rings. The van der Waals surface area contributed by atoms with Crippen molar-refractivity contribution in [3.8, 4) is 0 Å². The van der Waals surface area contributed by atoms with Gasteiger partial charge in [-0.15, -0.1) is 0 Å². The van der Waals surface area contributed by atoms with E-state index in [9.17, 15) is 9.50 Å². The molecule has 16 heavy (non-hydrogen) atoms. The summed E-state index contributed by atoms with van der Waals surface area (Å²) < 4.78 is 19.5. The smallest absolute Gasteiger partial charge is 0.129 e. The summed E-state index contributed by atoms with van der Waals surface area (Å²) in [6.45, 7) is 1.42. The third kappa shape index (κ3) is 2.81. The van der Waals surface area contributed by atoms with Crippen LogP contribution in [0, 0.1) is 11.7 Å². The summed E-state index contributed by atoms with van der Waals surface area (Å²) in [6.07, 6.45) is 0.768. The van der Waals surface area contributed by atoms with Crippen molar-refractivity contribution in [2.45, 2.75) is 18.9 Å². The van der Waals surface area contributed by atoms with Crippen LogP contribution >= 0.6 is 15.9 Å². The van der Waals surface area contributed by atoms with Crippen LogP contribution in [0.15, 0.2) is 22.7 Å². The van der Waals surface area contributed by atoms with Gasteiger partial charge in [-0.25, -0.2) is 4.39 Å². The maximum atomic E-state index is 13.5. The number of benzene rings is 1. The summed E-state index contributed by atoms with van der Waals surface area (Å²) in [5.74, 6) is -0.0111. The molecule has 0 radical (unpaired) electrons. The van der Waals surface area contributed by atoms with Crippen molar-refractivity contribution in [1.29, 1.82) is 0 Å². The van der Waals surface area contributed by atoms with E-state index >= 15 is 0 Å². The molecule has 0 saturated carbocycles. The molecule has 0 amide bonds. The third-order valence-electron chi connectivity index (χ3n) is 2.90. The van der Waals surface area contributed by atoms with Gasteiger partial charge in [-0.2, -0.15) is 0 Å². The topological polar surface area (TPSA) is 29.5 Å². The normalized spacial score (nSPS) is 22.3. The molecule has 1 fully saturated rings. The molecule has 1 N–H and O–H groups in total. The Balaban J connectivity index is 2.07. The lowest BCUT2D eigenvalue weighted by molar-refractivity contribution is 0.126. The second-order valence-electron chi connectivity index (χ2n) is 4.15. The largest absolute Gasteiger partial charge is 0.388 e. The molecule has 2 atom stereocenters. The predicted molar refractivity (Wildman–Crippen MR) is 62.6 cm³/mol. The second-order valence-corrected chi connectivity index (χ2v) is 5.06. The number of rotatable bonds is 3. The minimum absolute atomic E-state index is 0.341. The molecule has 1 aliphatic heterocycles. The van der Waals surface area contributed by atoms with E-state index in [4.69, 9.17) is 4.74 Å². The molecule has 1 saturated heterocycles. The summed E-state index contributed by atoms with van der Waals surface area (Å²) in [5.41, 5.74) is 0.362. The fourth-order valence-corrected chi connectivity index (χ4v) is 2.36. The predicted octanol–water partition coefficient (Wildman–Crippen LogP) is 3.05. The Morgan fingerprint density at radius 2 is 2.38 bits per heavy atom. The first-order valence-electron chi connectivity index (χ1n) is 5.37. The van der Waals surface area contributed by atoms with Gasteiger partial charge < -0.3 is 9.84 Å². The van der Waals surface area contributed by atoms with Crippen LogP contribution in [0.4, 0.5) is 4.39 Å². The van der Waals surface area contributed by atoms with Gasteiger partial charge in [0.1, 0.15) is 5.82 Å². The highest BCUT2D eigenvalue weighted by Gasteiger charge is 2.22. The highest BCUT2D eigenvalue weighted by atomic mass is 79.9. The van der Waals surface area contributed by atoms with Crippen molar-refractivity contribution in [2.75, 3.05) is 13.2 Å². The summed E-state index contributed by atoms with van der Waals surface area (Å²) in [7, 11) is 0. The van der Waals surface area contributed by atoms with Crippen molar-refractivity contribution < 1.29 is 14.2 Å². The first-order chi connectivity index (χ1) is 7.66. The van der Waals surface area contributed by atoms with Crippen molar-refractivity contribution in [3.05, 3.63) is 34.1 Å². The monoisotopic (exact) mass is 288 g/mol. The number of halogens is 2. The SMILES string of the molecule is OC(CC1CCOC1)c1cc(Br)ccc1F. The third-order valence-corrected chi connectivity index (χ3v) is 3.39. The molecule has 2 rings (SSSR count). The van der Waals surface area contributed by atoms with Crippen LogP contribution in [0.2, 0.25) is 0 Å². The van der Waals surface area contributed by atoms with Crippen LogP contribution < -0.4 is 0 Å². The Hall–Kier alpha value is -0.450. The van der Waals surface area contributed by atoms with Gasteiger partial charge in [0.25, 0.3) is 0 Å². The maximum Gasteiger partial charge on any atom is 0.129 e. The molecule has 0 aliphatic carbocycles. The van der Waals surface area contributed by atoms with Crippen LogP contribution in [-0.4, -0.2) is 18.3 Å². The van der Waals surface area contributed by atoms with E-state index in [0.29, 0.717) is 24.5 Å². The number of aliphatic hydroxyl groups excluding tert-OH is 1. The van der Waals surface area contributed by atoms with Crippen molar-refractivity contribution >= 4 is 15.9 Å². The molecule has 88 valence electrons. The number of aliphatic hydroxyl groups is 1. The Labute approximate surface area is 103 Å². The summed E-state index contributed by atoms with van der Waals surface area (Å²) in [5, 5.41) is 9.97. The van der Waals surface area contributed by atoms with Gasteiger partial charge in [0.2, 0.25) is 0 Å². The van der Waals surface area contributed by atoms with Crippen LogP contribution in [0.3, 0.4) is 0 Å². The van der Waals surface area contributed by atoms with Gasteiger partial charge >= 0.3 is 0 Å². The lowest BCUT2D eigenvalue weighted by Gasteiger charge is -2.15. The maximum absolute atomic E-state index is 13.5. The van der Waals surface area contributed by atoms with Crippen molar-refractivity contribution in [3.63, 3.8) is 0 Å². The van der Waals surface area contributed by atoms with E-state index < -0.39 is 6.10 Å². The first kappa shape index (κ1) is 12.0. The van der Waals surface area contributed by atoms with Crippen LogP contribution in [0.1, 0.15) is 24.5 Å². The minimum atomic E-state index is -0.746. The van der Waals surface area contributed by atoms with Gasteiger partial charge in [-0.1, -0.05) is 15.9 Å². The van der Waals surface area contributed by atoms with E-state index in [1.54, 1.807) is 12.1 Å². The molecule has 2 nitrogen and oxygen atoms in total. The highest BCUT2D eigenvalue weighted by Crippen LogP contribution is 2.29. The van der Waals surface area contributed by atoms with Crippen molar-refractivity contribution in [2.24, 2.45) is 5.92 Å². The van der Waals surface area contributed by atoms with Crippen molar-refractivity contribution in [1.82, 2.24) is 0 Å². The molecular formula is C12H14BrFO2. The van der Waals surface area contributed by atoms with Gasteiger partial charge in [-0.3, -0.25) is 0 Å². The summed E-state index contributed by atoms with van der Waals surface area (Å²) >= 11 is 3.27. The minimum Gasteiger partial charge on any atom is -0.388 e. The Morgan fingerprint density at radius 3 is 3.06 bits per heavy atom. The average molecular weight is 289 g/mol. The van der Waals surface area contributed by atoms with Crippen LogP contribution in [0.5, 0.6) is 0 Å². The zero-order valence-corrected chi connectivity index (χ0v) is 10.4. The first-order valence-corrected chi connectivity index (χ1v) is 6.17. The van der Waals surface area contributed by atoms with Gasteiger partial charge in [0.05, 0.1) is 6.10 Å². The number of hydrogen-bond donors (Lipinski definition) is 1. The van der Waals surface area contributed by atoms with E-state index in [1.165, 1.54) is 6.07 Å². The molecule has 0 aromatic heterocycles.